The first-order valence-electron chi connectivity index (χ1n) is 6.96. The fourth-order valence-electron chi connectivity index (χ4n) is 2.47. The molecule has 18 heavy (non-hydrogen) atoms. The monoisotopic (exact) mass is 249 g/mol. The third kappa shape index (κ3) is 2.92. The first-order valence-corrected chi connectivity index (χ1v) is 6.96. The third-order valence-electron chi connectivity index (χ3n) is 3.81. The highest BCUT2D eigenvalue weighted by molar-refractivity contribution is 5.38. The van der Waals surface area contributed by atoms with E-state index in [9.17, 15) is 4.79 Å². The highest BCUT2D eigenvalue weighted by Gasteiger charge is 2.19. The van der Waals surface area contributed by atoms with E-state index < -0.39 is 0 Å². The quantitative estimate of drug-likeness (QED) is 0.895. The lowest BCUT2D eigenvalue weighted by Gasteiger charge is -2.32. The Bertz CT molecular complexity index is 445. The van der Waals surface area contributed by atoms with Crippen LogP contribution < -0.4 is 10.5 Å². The molecule has 1 aromatic heterocycles. The Kier molecular flexibility index (Phi) is 4.04. The van der Waals surface area contributed by atoms with E-state index in [0.717, 1.165) is 30.6 Å². The number of anilines is 1. The SMILES string of the molecule is CCC1CCN(c2cc(=O)[nH]c(C(C)C)n2)CC1. The second-order valence-corrected chi connectivity index (χ2v) is 5.48. The van der Waals surface area contributed by atoms with E-state index in [1.165, 1.54) is 19.3 Å². The van der Waals surface area contributed by atoms with Gasteiger partial charge in [-0.1, -0.05) is 27.2 Å². The van der Waals surface area contributed by atoms with Crippen LogP contribution in [0.3, 0.4) is 0 Å². The van der Waals surface area contributed by atoms with Gasteiger partial charge in [0.15, 0.2) is 0 Å². The number of nitrogens with zero attached hydrogens (tertiary/aromatic N) is 2. The molecule has 0 amide bonds. The van der Waals surface area contributed by atoms with Crippen LogP contribution in [0.5, 0.6) is 0 Å². The van der Waals surface area contributed by atoms with Crippen molar-refractivity contribution in [3.05, 3.63) is 22.2 Å². The maximum Gasteiger partial charge on any atom is 0.252 e. The van der Waals surface area contributed by atoms with Crippen LogP contribution in [0, 0.1) is 5.92 Å². The van der Waals surface area contributed by atoms with Gasteiger partial charge in [0.25, 0.3) is 5.56 Å². The summed E-state index contributed by atoms with van der Waals surface area (Å²) in [5, 5.41) is 0. The Morgan fingerprint density at radius 2 is 2.11 bits per heavy atom. The Morgan fingerprint density at radius 3 is 2.67 bits per heavy atom. The summed E-state index contributed by atoms with van der Waals surface area (Å²) < 4.78 is 0. The number of nitrogens with one attached hydrogen (secondary N) is 1. The van der Waals surface area contributed by atoms with Crippen LogP contribution in [-0.4, -0.2) is 23.1 Å². The van der Waals surface area contributed by atoms with Crippen molar-refractivity contribution in [3.8, 4) is 0 Å². The second-order valence-electron chi connectivity index (χ2n) is 5.48. The molecule has 1 fully saturated rings. The fourth-order valence-corrected chi connectivity index (χ4v) is 2.47. The zero-order valence-electron chi connectivity index (χ0n) is 11.6. The largest absolute Gasteiger partial charge is 0.356 e. The molecule has 1 aromatic rings. The number of rotatable bonds is 3. The molecule has 0 radical (unpaired) electrons. The maximum absolute atomic E-state index is 11.7. The highest BCUT2D eigenvalue weighted by Crippen LogP contribution is 2.23. The summed E-state index contributed by atoms with van der Waals surface area (Å²) in [6.07, 6.45) is 3.68. The van der Waals surface area contributed by atoms with E-state index in [2.05, 4.69) is 21.8 Å². The van der Waals surface area contributed by atoms with Crippen LogP contribution in [-0.2, 0) is 0 Å². The first-order chi connectivity index (χ1) is 8.60. The van der Waals surface area contributed by atoms with Crippen LogP contribution in [0.25, 0.3) is 0 Å². The van der Waals surface area contributed by atoms with Crippen LogP contribution in [0.1, 0.15) is 51.8 Å². The Labute approximate surface area is 108 Å². The molecule has 0 aromatic carbocycles. The lowest BCUT2D eigenvalue weighted by atomic mass is 9.94. The van der Waals surface area contributed by atoms with Gasteiger partial charge >= 0.3 is 0 Å². The molecule has 0 spiro atoms. The molecule has 4 heteroatoms. The Hall–Kier alpha value is -1.32. The lowest BCUT2D eigenvalue weighted by Crippen LogP contribution is -2.35. The lowest BCUT2D eigenvalue weighted by molar-refractivity contribution is 0.393. The molecule has 0 unspecified atom stereocenters. The van der Waals surface area contributed by atoms with Crippen molar-refractivity contribution < 1.29 is 0 Å². The van der Waals surface area contributed by atoms with Crippen LogP contribution in [0.4, 0.5) is 5.82 Å². The molecule has 2 rings (SSSR count). The fraction of sp³-hybridized carbons (Fsp3) is 0.714. The molecule has 100 valence electrons. The number of hydrogen-bond acceptors (Lipinski definition) is 3. The van der Waals surface area contributed by atoms with E-state index >= 15 is 0 Å². The molecular weight excluding hydrogens is 226 g/mol. The average molecular weight is 249 g/mol. The van der Waals surface area contributed by atoms with Crippen LogP contribution >= 0.6 is 0 Å². The topological polar surface area (TPSA) is 49.0 Å². The third-order valence-corrected chi connectivity index (χ3v) is 3.81. The highest BCUT2D eigenvalue weighted by atomic mass is 16.1. The van der Waals surface area contributed by atoms with Gasteiger partial charge < -0.3 is 9.88 Å². The number of aromatic nitrogens is 2. The summed E-state index contributed by atoms with van der Waals surface area (Å²) in [6.45, 7) is 8.39. The normalized spacial score (nSPS) is 17.4. The van der Waals surface area contributed by atoms with Gasteiger partial charge in [0, 0.05) is 25.1 Å². The van der Waals surface area contributed by atoms with E-state index in [1.54, 1.807) is 6.07 Å². The summed E-state index contributed by atoms with van der Waals surface area (Å²) in [6, 6.07) is 1.62. The van der Waals surface area contributed by atoms with Gasteiger partial charge in [-0.2, -0.15) is 0 Å². The predicted octanol–water partition coefficient (Wildman–Crippen LogP) is 2.52. The second kappa shape index (κ2) is 5.55. The standard InChI is InChI=1S/C14H23N3O/c1-4-11-5-7-17(8-6-11)12-9-13(18)16-14(15-12)10(2)3/h9-11H,4-8H2,1-3H3,(H,15,16,18). The molecule has 0 bridgehead atoms. The molecule has 1 aliphatic heterocycles. The molecular formula is C14H23N3O. The summed E-state index contributed by atoms with van der Waals surface area (Å²) >= 11 is 0. The molecule has 1 N–H and O–H groups in total. The molecule has 2 heterocycles. The Morgan fingerprint density at radius 1 is 1.44 bits per heavy atom. The minimum atomic E-state index is -0.0404. The van der Waals surface area contributed by atoms with E-state index in [-0.39, 0.29) is 11.5 Å². The number of hydrogen-bond donors (Lipinski definition) is 1. The smallest absolute Gasteiger partial charge is 0.252 e. The van der Waals surface area contributed by atoms with Gasteiger partial charge in [0.05, 0.1) is 0 Å². The van der Waals surface area contributed by atoms with Gasteiger partial charge in [-0.3, -0.25) is 4.79 Å². The van der Waals surface area contributed by atoms with Crippen LogP contribution in [0.2, 0.25) is 0 Å². The molecule has 4 nitrogen and oxygen atoms in total. The molecule has 1 aliphatic rings. The Balaban J connectivity index is 2.16. The predicted molar refractivity (Wildman–Crippen MR) is 74.2 cm³/mol. The molecule has 0 atom stereocenters. The first kappa shape index (κ1) is 13.1. The summed E-state index contributed by atoms with van der Waals surface area (Å²) in [7, 11) is 0. The van der Waals surface area contributed by atoms with Crippen molar-refractivity contribution in [1.82, 2.24) is 9.97 Å². The van der Waals surface area contributed by atoms with Crippen LogP contribution in [0.15, 0.2) is 10.9 Å². The van der Waals surface area contributed by atoms with Gasteiger partial charge in [-0.15, -0.1) is 0 Å². The number of H-pyrrole nitrogens is 1. The van der Waals surface area contributed by atoms with E-state index in [4.69, 9.17) is 0 Å². The van der Waals surface area contributed by atoms with Gasteiger partial charge in [0.2, 0.25) is 0 Å². The summed E-state index contributed by atoms with van der Waals surface area (Å²) in [5.41, 5.74) is -0.0404. The average Bonchev–Trinajstić information content (AvgIpc) is 2.38. The van der Waals surface area contributed by atoms with Crippen molar-refractivity contribution in [2.24, 2.45) is 5.92 Å². The van der Waals surface area contributed by atoms with Crippen molar-refractivity contribution in [2.75, 3.05) is 18.0 Å². The maximum atomic E-state index is 11.7. The number of aromatic amines is 1. The molecule has 1 saturated heterocycles. The van der Waals surface area contributed by atoms with E-state index in [0.29, 0.717) is 0 Å². The van der Waals surface area contributed by atoms with Gasteiger partial charge in [-0.25, -0.2) is 4.98 Å². The van der Waals surface area contributed by atoms with E-state index in [1.807, 2.05) is 13.8 Å². The molecule has 0 saturated carbocycles. The molecule has 0 aliphatic carbocycles. The summed E-state index contributed by atoms with van der Waals surface area (Å²) in [4.78, 5) is 21.3. The summed E-state index contributed by atoms with van der Waals surface area (Å²) in [5.74, 6) is 2.73. The zero-order valence-corrected chi connectivity index (χ0v) is 11.6. The van der Waals surface area contributed by atoms with Crippen molar-refractivity contribution in [1.29, 1.82) is 0 Å². The van der Waals surface area contributed by atoms with Gasteiger partial charge in [-0.05, 0) is 18.8 Å². The van der Waals surface area contributed by atoms with Crippen molar-refractivity contribution in [2.45, 2.75) is 46.0 Å². The van der Waals surface area contributed by atoms with Crippen molar-refractivity contribution in [3.63, 3.8) is 0 Å². The minimum Gasteiger partial charge on any atom is -0.356 e. The number of piperidine rings is 1. The van der Waals surface area contributed by atoms with Gasteiger partial charge in [0.1, 0.15) is 11.6 Å². The zero-order chi connectivity index (χ0) is 13.1. The minimum absolute atomic E-state index is 0.0404. The van der Waals surface area contributed by atoms with Crippen molar-refractivity contribution >= 4 is 5.82 Å².